The molecule has 0 radical (unpaired) electrons. The third-order valence-electron chi connectivity index (χ3n) is 6.64. The van der Waals surface area contributed by atoms with Gasteiger partial charge in [-0.15, -0.1) is 0 Å². The number of anilines is 1. The lowest BCUT2D eigenvalue weighted by Crippen LogP contribution is -2.46. The molecular formula is C26H33FN2O2. The molecule has 0 unspecified atom stereocenters. The maximum absolute atomic E-state index is 13.2. The Kier molecular flexibility index (Phi) is 5.82. The summed E-state index contributed by atoms with van der Waals surface area (Å²) in [5.74, 6) is 0.847. The minimum Gasteiger partial charge on any atom is -0.497 e. The topological polar surface area (TPSA) is 32.8 Å². The van der Waals surface area contributed by atoms with Gasteiger partial charge in [-0.25, -0.2) is 4.39 Å². The molecule has 1 saturated heterocycles. The van der Waals surface area contributed by atoms with Gasteiger partial charge in [0.15, 0.2) is 0 Å². The molecule has 0 N–H and O–H groups in total. The number of likely N-dealkylation sites (tertiary alicyclic amines) is 1. The summed E-state index contributed by atoms with van der Waals surface area (Å²) in [6.45, 7) is 9.81. The summed E-state index contributed by atoms with van der Waals surface area (Å²) in [5.41, 5.74) is 3.35. The number of amides is 1. The normalized spacial score (nSPS) is 18.3. The zero-order valence-electron chi connectivity index (χ0n) is 19.1. The van der Waals surface area contributed by atoms with E-state index in [1.165, 1.54) is 17.7 Å². The Morgan fingerprint density at radius 2 is 1.77 bits per heavy atom. The molecule has 0 atom stereocenters. The van der Waals surface area contributed by atoms with Gasteiger partial charge in [-0.3, -0.25) is 9.69 Å². The Labute approximate surface area is 185 Å². The number of fused-ring (bicyclic) bond motifs is 2. The SMILES string of the molecule is COc1ccc2c(c1)C1(CCN(Cc3ccc(F)cc3)CC1)CN2C(=O)CC(C)(C)C. The van der Waals surface area contributed by atoms with Crippen molar-refractivity contribution in [2.75, 3.05) is 31.6 Å². The van der Waals surface area contributed by atoms with E-state index < -0.39 is 0 Å². The third kappa shape index (κ3) is 4.62. The molecule has 5 heteroatoms. The molecular weight excluding hydrogens is 391 g/mol. The van der Waals surface area contributed by atoms with Crippen molar-refractivity contribution in [3.8, 4) is 5.75 Å². The lowest BCUT2D eigenvalue weighted by Gasteiger charge is -2.40. The molecule has 2 aromatic rings. The van der Waals surface area contributed by atoms with Gasteiger partial charge in [-0.05, 0) is 72.8 Å². The summed E-state index contributed by atoms with van der Waals surface area (Å²) in [4.78, 5) is 17.6. The number of ether oxygens (including phenoxy) is 1. The number of halogens is 1. The Balaban J connectivity index is 1.54. The molecule has 0 saturated carbocycles. The lowest BCUT2D eigenvalue weighted by atomic mass is 9.74. The van der Waals surface area contributed by atoms with E-state index >= 15 is 0 Å². The Morgan fingerprint density at radius 3 is 2.39 bits per heavy atom. The van der Waals surface area contributed by atoms with E-state index in [4.69, 9.17) is 4.74 Å². The highest BCUT2D eigenvalue weighted by atomic mass is 19.1. The number of rotatable bonds is 4. The highest BCUT2D eigenvalue weighted by Crippen LogP contribution is 2.49. The van der Waals surface area contributed by atoms with Crippen molar-refractivity contribution in [1.29, 1.82) is 0 Å². The standard InChI is InChI=1S/C26H33FN2O2/c1-25(2,3)16-24(30)29-18-26(22-15-21(31-4)9-10-23(22)29)11-13-28(14-12-26)17-19-5-7-20(27)8-6-19/h5-10,15H,11-14,16-18H2,1-4H3. The van der Waals surface area contributed by atoms with Crippen molar-refractivity contribution in [3.63, 3.8) is 0 Å². The fourth-order valence-corrected chi connectivity index (χ4v) is 4.96. The van der Waals surface area contributed by atoms with Gasteiger partial charge in [0.25, 0.3) is 0 Å². The predicted molar refractivity (Wildman–Crippen MR) is 122 cm³/mol. The first-order valence-electron chi connectivity index (χ1n) is 11.1. The molecule has 1 fully saturated rings. The average Bonchev–Trinajstić information content (AvgIpc) is 3.04. The van der Waals surface area contributed by atoms with Gasteiger partial charge in [-0.1, -0.05) is 32.9 Å². The second-order valence-corrected chi connectivity index (χ2v) is 10.3. The molecule has 2 aliphatic rings. The largest absolute Gasteiger partial charge is 0.497 e. The number of carbonyl (C=O) groups is 1. The maximum Gasteiger partial charge on any atom is 0.227 e. The number of methoxy groups -OCH3 is 1. The molecule has 2 aliphatic heterocycles. The molecule has 4 nitrogen and oxygen atoms in total. The van der Waals surface area contributed by atoms with E-state index in [0.717, 1.165) is 56.0 Å². The first-order chi connectivity index (χ1) is 14.7. The number of carbonyl (C=O) groups excluding carboxylic acids is 1. The van der Waals surface area contributed by atoms with Gasteiger partial charge in [-0.2, -0.15) is 0 Å². The van der Waals surface area contributed by atoms with E-state index in [9.17, 15) is 9.18 Å². The number of piperidine rings is 1. The fraction of sp³-hybridized carbons (Fsp3) is 0.500. The van der Waals surface area contributed by atoms with Gasteiger partial charge < -0.3 is 9.64 Å². The molecule has 2 heterocycles. The van der Waals surface area contributed by atoms with Crippen LogP contribution in [0.3, 0.4) is 0 Å². The van der Waals surface area contributed by atoms with Crippen LogP contribution in [0.4, 0.5) is 10.1 Å². The smallest absolute Gasteiger partial charge is 0.227 e. The molecule has 2 aromatic carbocycles. The maximum atomic E-state index is 13.2. The highest BCUT2D eigenvalue weighted by Gasteiger charge is 2.46. The van der Waals surface area contributed by atoms with Crippen LogP contribution in [-0.2, 0) is 16.8 Å². The Bertz CT molecular complexity index is 941. The molecule has 0 aromatic heterocycles. The molecule has 1 spiro atoms. The number of nitrogens with zero attached hydrogens (tertiary/aromatic N) is 2. The van der Waals surface area contributed by atoms with Crippen molar-refractivity contribution >= 4 is 11.6 Å². The zero-order valence-corrected chi connectivity index (χ0v) is 19.1. The van der Waals surface area contributed by atoms with E-state index in [1.807, 2.05) is 29.2 Å². The van der Waals surface area contributed by atoms with Crippen molar-refractivity contribution in [2.45, 2.75) is 52.0 Å². The first-order valence-corrected chi connectivity index (χ1v) is 11.1. The predicted octanol–water partition coefficient (Wildman–Crippen LogP) is 5.15. The molecule has 31 heavy (non-hydrogen) atoms. The number of benzene rings is 2. The molecule has 0 aliphatic carbocycles. The van der Waals surface area contributed by atoms with Crippen molar-refractivity contribution in [3.05, 3.63) is 59.4 Å². The quantitative estimate of drug-likeness (QED) is 0.680. The minimum absolute atomic E-state index is 0.0310. The average molecular weight is 425 g/mol. The van der Waals surface area contributed by atoms with Gasteiger partial charge >= 0.3 is 0 Å². The Hall–Kier alpha value is -2.40. The fourth-order valence-electron chi connectivity index (χ4n) is 4.96. The first kappa shape index (κ1) is 21.8. The van der Waals surface area contributed by atoms with Crippen molar-refractivity contribution in [1.82, 2.24) is 4.90 Å². The second-order valence-electron chi connectivity index (χ2n) is 10.3. The van der Waals surface area contributed by atoms with Crippen LogP contribution >= 0.6 is 0 Å². The molecule has 1 amide bonds. The van der Waals surface area contributed by atoms with E-state index in [-0.39, 0.29) is 22.6 Å². The van der Waals surface area contributed by atoms with Gasteiger partial charge in [0.05, 0.1) is 7.11 Å². The van der Waals surface area contributed by atoms with Gasteiger partial charge in [0, 0.05) is 30.6 Å². The minimum atomic E-state index is -0.196. The van der Waals surface area contributed by atoms with Crippen LogP contribution in [0.15, 0.2) is 42.5 Å². The zero-order chi connectivity index (χ0) is 22.2. The van der Waals surface area contributed by atoms with Gasteiger partial charge in [0.1, 0.15) is 11.6 Å². The van der Waals surface area contributed by atoms with E-state index in [1.54, 1.807) is 7.11 Å². The molecule has 0 bridgehead atoms. The van der Waals surface area contributed by atoms with Gasteiger partial charge in [0.2, 0.25) is 5.91 Å². The highest BCUT2D eigenvalue weighted by molar-refractivity contribution is 5.96. The summed E-state index contributed by atoms with van der Waals surface area (Å²) in [7, 11) is 1.69. The number of hydrogen-bond donors (Lipinski definition) is 0. The summed E-state index contributed by atoms with van der Waals surface area (Å²) in [5, 5.41) is 0. The lowest BCUT2D eigenvalue weighted by molar-refractivity contribution is -0.120. The third-order valence-corrected chi connectivity index (χ3v) is 6.64. The van der Waals surface area contributed by atoms with Crippen LogP contribution in [0, 0.1) is 11.2 Å². The number of hydrogen-bond acceptors (Lipinski definition) is 3. The summed E-state index contributed by atoms with van der Waals surface area (Å²) >= 11 is 0. The van der Waals surface area contributed by atoms with Crippen molar-refractivity contribution < 1.29 is 13.9 Å². The molecule has 4 rings (SSSR count). The van der Waals surface area contributed by atoms with Crippen LogP contribution in [0.25, 0.3) is 0 Å². The monoisotopic (exact) mass is 424 g/mol. The van der Waals surface area contributed by atoms with Crippen LogP contribution in [0.1, 0.15) is 51.2 Å². The van der Waals surface area contributed by atoms with Crippen LogP contribution in [-0.4, -0.2) is 37.6 Å². The van der Waals surface area contributed by atoms with E-state index in [2.05, 4.69) is 31.7 Å². The summed E-state index contributed by atoms with van der Waals surface area (Å²) in [6, 6.07) is 12.9. The summed E-state index contributed by atoms with van der Waals surface area (Å²) < 4.78 is 18.7. The van der Waals surface area contributed by atoms with Crippen LogP contribution in [0.5, 0.6) is 5.75 Å². The molecule has 166 valence electrons. The van der Waals surface area contributed by atoms with Crippen LogP contribution in [0.2, 0.25) is 0 Å². The Morgan fingerprint density at radius 1 is 1.10 bits per heavy atom. The summed E-state index contributed by atoms with van der Waals surface area (Å²) in [6.07, 6.45) is 2.52. The van der Waals surface area contributed by atoms with Crippen LogP contribution < -0.4 is 9.64 Å². The van der Waals surface area contributed by atoms with E-state index in [0.29, 0.717) is 6.42 Å². The second kappa shape index (κ2) is 8.27. The van der Waals surface area contributed by atoms with Crippen molar-refractivity contribution in [2.24, 2.45) is 5.41 Å².